The quantitative estimate of drug-likeness (QED) is 0.290. The molecular weight excluding hydrogens is 542 g/mol. The zero-order valence-electron chi connectivity index (χ0n) is 19.7. The smallest absolute Gasteiger partial charge is 0.344 e. The van der Waals surface area contributed by atoms with Gasteiger partial charge in [0.05, 0.1) is 24.3 Å². The number of carbonyl (C=O) groups is 1. The van der Waals surface area contributed by atoms with Gasteiger partial charge in [0.25, 0.3) is 0 Å². The molecule has 0 unspecified atom stereocenters. The van der Waals surface area contributed by atoms with Gasteiger partial charge in [-0.3, -0.25) is 0 Å². The summed E-state index contributed by atoms with van der Waals surface area (Å²) in [5.74, 6) is 0.314. The predicted octanol–water partition coefficient (Wildman–Crippen LogP) is 7.23. The summed E-state index contributed by atoms with van der Waals surface area (Å²) in [5, 5.41) is 11.3. The highest BCUT2D eigenvalue weighted by Crippen LogP contribution is 2.42. The van der Waals surface area contributed by atoms with Crippen LogP contribution in [-0.2, 0) is 16.1 Å². The predicted molar refractivity (Wildman–Crippen MR) is 147 cm³/mol. The molecule has 0 saturated heterocycles. The maximum Gasteiger partial charge on any atom is 0.344 e. The molecule has 1 aliphatic rings. The van der Waals surface area contributed by atoms with Gasteiger partial charge in [-0.15, -0.1) is 0 Å². The number of rotatable bonds is 8. The monoisotopic (exact) mass is 565 g/mol. The highest BCUT2D eigenvalue weighted by Gasteiger charge is 2.33. The summed E-state index contributed by atoms with van der Waals surface area (Å²) in [4.78, 5) is 17.7. The molecule has 36 heavy (non-hydrogen) atoms. The normalized spacial score (nSPS) is 15.4. The molecule has 4 rings (SSSR count). The van der Waals surface area contributed by atoms with E-state index in [2.05, 4.69) is 20.9 Å². The van der Waals surface area contributed by atoms with Gasteiger partial charge >= 0.3 is 5.97 Å². The first-order chi connectivity index (χ1) is 17.5. The first kappa shape index (κ1) is 25.6. The van der Waals surface area contributed by atoms with Crippen LogP contribution in [0.25, 0.3) is 6.08 Å². The molecule has 0 aromatic heterocycles. The van der Waals surface area contributed by atoms with Crippen molar-refractivity contribution in [2.75, 3.05) is 13.7 Å². The average molecular weight is 566 g/mol. The lowest BCUT2D eigenvalue weighted by atomic mass is 10.1. The number of aliphatic hydroxyl groups is 1. The van der Waals surface area contributed by atoms with Crippen molar-refractivity contribution in [3.8, 4) is 11.5 Å². The number of aliphatic imine (C=N–C) groups is 1. The van der Waals surface area contributed by atoms with Crippen molar-refractivity contribution in [2.24, 2.45) is 4.99 Å². The van der Waals surface area contributed by atoms with Crippen LogP contribution in [0.1, 0.15) is 18.1 Å². The van der Waals surface area contributed by atoms with Gasteiger partial charge in [-0.1, -0.05) is 76.2 Å². The molecule has 0 fully saturated rings. The number of nitrogens with zero attached hydrogens (tertiary/aromatic N) is 1. The van der Waals surface area contributed by atoms with E-state index < -0.39 is 5.97 Å². The molecule has 8 heteroatoms. The Bertz CT molecular complexity index is 1340. The van der Waals surface area contributed by atoms with Crippen LogP contribution in [0.3, 0.4) is 0 Å². The summed E-state index contributed by atoms with van der Waals surface area (Å²) in [6, 6.07) is 22.7. The van der Waals surface area contributed by atoms with Crippen molar-refractivity contribution in [2.45, 2.75) is 13.5 Å². The highest BCUT2D eigenvalue weighted by atomic mass is 79.9. The standard InChI is InChI=1S/C28H24BrNO5S/c1-3-34-28(32)25-26(31)24(36-27(25)30-20-12-8-5-9-13-20)15-19-14-22(33-2)23(16-21(19)29)35-17-18-10-6-4-7-11-18/h4-16,31H,3,17H2,1-2H3/b24-15-,30-27?. The van der Waals surface area contributed by atoms with Crippen LogP contribution < -0.4 is 9.47 Å². The second-order valence-electron chi connectivity index (χ2n) is 7.61. The molecule has 0 spiro atoms. The minimum absolute atomic E-state index is 0.0443. The molecule has 0 bridgehead atoms. The minimum Gasteiger partial charge on any atom is -0.506 e. The van der Waals surface area contributed by atoms with Crippen molar-refractivity contribution < 1.29 is 24.1 Å². The molecule has 3 aromatic carbocycles. The second-order valence-corrected chi connectivity index (χ2v) is 9.49. The summed E-state index contributed by atoms with van der Waals surface area (Å²) < 4.78 is 17.5. The number of hydrogen-bond donors (Lipinski definition) is 1. The summed E-state index contributed by atoms with van der Waals surface area (Å²) in [6.45, 7) is 2.30. The molecule has 1 aliphatic heterocycles. The van der Waals surface area contributed by atoms with Gasteiger partial charge in [-0.2, -0.15) is 0 Å². The van der Waals surface area contributed by atoms with E-state index in [-0.39, 0.29) is 17.9 Å². The van der Waals surface area contributed by atoms with Crippen molar-refractivity contribution >= 4 is 50.5 Å². The molecule has 3 aromatic rings. The van der Waals surface area contributed by atoms with E-state index in [0.717, 1.165) is 15.6 Å². The van der Waals surface area contributed by atoms with Crippen LogP contribution in [-0.4, -0.2) is 29.8 Å². The first-order valence-corrected chi connectivity index (χ1v) is 12.8. The number of benzene rings is 3. The number of ether oxygens (including phenoxy) is 3. The maximum atomic E-state index is 12.6. The Morgan fingerprint density at radius 3 is 2.42 bits per heavy atom. The number of halogens is 1. The van der Waals surface area contributed by atoms with Crippen molar-refractivity contribution in [1.29, 1.82) is 0 Å². The van der Waals surface area contributed by atoms with E-state index in [0.29, 0.717) is 33.7 Å². The molecule has 1 heterocycles. The van der Waals surface area contributed by atoms with E-state index >= 15 is 0 Å². The number of esters is 1. The van der Waals surface area contributed by atoms with E-state index in [1.165, 1.54) is 11.8 Å². The topological polar surface area (TPSA) is 77.4 Å². The first-order valence-electron chi connectivity index (χ1n) is 11.2. The third-order valence-corrected chi connectivity index (χ3v) is 6.87. The van der Waals surface area contributed by atoms with Gasteiger partial charge in [0.2, 0.25) is 0 Å². The largest absolute Gasteiger partial charge is 0.506 e. The van der Waals surface area contributed by atoms with Crippen LogP contribution in [0.5, 0.6) is 11.5 Å². The van der Waals surface area contributed by atoms with Crippen LogP contribution in [0.15, 0.2) is 98.5 Å². The van der Waals surface area contributed by atoms with Gasteiger partial charge in [0.1, 0.15) is 23.0 Å². The van der Waals surface area contributed by atoms with E-state index in [9.17, 15) is 9.90 Å². The second kappa shape index (κ2) is 12.0. The molecule has 1 N–H and O–H groups in total. The number of thioether (sulfide) groups is 1. The van der Waals surface area contributed by atoms with E-state index in [4.69, 9.17) is 14.2 Å². The Morgan fingerprint density at radius 2 is 1.75 bits per heavy atom. The number of hydrogen-bond acceptors (Lipinski definition) is 7. The molecule has 184 valence electrons. The summed E-state index contributed by atoms with van der Waals surface area (Å²) in [5.41, 5.74) is 2.48. The Hall–Kier alpha value is -3.49. The molecule has 0 saturated carbocycles. The fourth-order valence-electron chi connectivity index (χ4n) is 3.42. The summed E-state index contributed by atoms with van der Waals surface area (Å²) >= 11 is 4.79. The Balaban J connectivity index is 1.67. The van der Waals surface area contributed by atoms with Gasteiger partial charge in [-0.25, -0.2) is 9.79 Å². The summed E-state index contributed by atoms with van der Waals surface area (Å²) in [6.07, 6.45) is 1.76. The highest BCUT2D eigenvalue weighted by molar-refractivity contribution is 9.10. The Labute approximate surface area is 222 Å². The maximum absolute atomic E-state index is 12.6. The lowest BCUT2D eigenvalue weighted by Gasteiger charge is -2.13. The molecule has 0 atom stereocenters. The van der Waals surface area contributed by atoms with Crippen LogP contribution >= 0.6 is 27.7 Å². The molecule has 0 aliphatic carbocycles. The average Bonchev–Trinajstić information content (AvgIpc) is 3.19. The van der Waals surface area contributed by atoms with Crippen LogP contribution in [0.2, 0.25) is 0 Å². The third kappa shape index (κ3) is 6.01. The lowest BCUT2D eigenvalue weighted by Crippen LogP contribution is -2.12. The number of carbonyl (C=O) groups excluding carboxylic acids is 1. The fraction of sp³-hybridized carbons (Fsp3) is 0.143. The SMILES string of the molecule is CCOC(=O)C1=C(O)/C(=C/c2cc(OC)c(OCc3ccccc3)cc2Br)SC1=Nc1ccccc1. The Kier molecular flexibility index (Phi) is 8.51. The third-order valence-electron chi connectivity index (χ3n) is 5.16. The van der Waals surface area contributed by atoms with Gasteiger partial charge in [-0.05, 0) is 48.4 Å². The van der Waals surface area contributed by atoms with Gasteiger partial charge in [0, 0.05) is 4.47 Å². The van der Waals surface area contributed by atoms with E-state index in [1.54, 1.807) is 20.1 Å². The molecule has 6 nitrogen and oxygen atoms in total. The number of methoxy groups -OCH3 is 1. The zero-order valence-corrected chi connectivity index (χ0v) is 22.1. The molecule has 0 amide bonds. The molecule has 0 radical (unpaired) electrons. The van der Waals surface area contributed by atoms with Crippen LogP contribution in [0.4, 0.5) is 5.69 Å². The van der Waals surface area contributed by atoms with Gasteiger partial charge in [0.15, 0.2) is 11.5 Å². The van der Waals surface area contributed by atoms with Crippen molar-refractivity contribution in [3.05, 3.63) is 105 Å². The van der Waals surface area contributed by atoms with E-state index in [1.807, 2.05) is 72.8 Å². The fourth-order valence-corrected chi connectivity index (χ4v) is 4.88. The molecular formula is C28H24BrNO5S. The number of para-hydroxylation sites is 1. The van der Waals surface area contributed by atoms with Crippen molar-refractivity contribution in [1.82, 2.24) is 0 Å². The zero-order chi connectivity index (χ0) is 25.5. The minimum atomic E-state index is -0.623. The summed E-state index contributed by atoms with van der Waals surface area (Å²) in [7, 11) is 1.57. The number of aliphatic hydroxyl groups excluding tert-OH is 1. The van der Waals surface area contributed by atoms with Gasteiger partial charge < -0.3 is 19.3 Å². The lowest BCUT2D eigenvalue weighted by molar-refractivity contribution is -0.138. The van der Waals surface area contributed by atoms with Crippen LogP contribution in [0, 0.1) is 0 Å². The Morgan fingerprint density at radius 1 is 1.06 bits per heavy atom. The van der Waals surface area contributed by atoms with Crippen molar-refractivity contribution in [3.63, 3.8) is 0 Å².